The summed E-state index contributed by atoms with van der Waals surface area (Å²) in [5.41, 5.74) is 1.60. The minimum atomic E-state index is -0.460. The van der Waals surface area contributed by atoms with Crippen molar-refractivity contribution in [1.29, 1.82) is 0 Å². The standard InChI is InChI=1S/C16H16ClN3O3S/c1-3-22-7-6-20-12-5-4-11(17)9-14(12)24-16(20)18-15(21)13-8-10(2)19-23-13/h4-5,8-9H,3,6-7H2,1-2H3. The number of aromatic nitrogens is 2. The molecule has 0 atom stereocenters. The van der Waals surface area contributed by atoms with Crippen LogP contribution in [0, 0.1) is 6.92 Å². The number of carbonyl (C=O) groups excluding carboxylic acids is 1. The van der Waals surface area contributed by atoms with Crippen molar-refractivity contribution < 1.29 is 14.1 Å². The number of amides is 1. The number of benzene rings is 1. The minimum Gasteiger partial charge on any atom is -0.380 e. The smallest absolute Gasteiger partial charge is 0.318 e. The van der Waals surface area contributed by atoms with Crippen molar-refractivity contribution in [3.8, 4) is 0 Å². The zero-order valence-corrected chi connectivity index (χ0v) is 14.9. The molecule has 0 radical (unpaired) electrons. The number of rotatable bonds is 5. The van der Waals surface area contributed by atoms with Gasteiger partial charge in [0.1, 0.15) is 0 Å². The molecule has 0 aliphatic carbocycles. The number of halogens is 1. The van der Waals surface area contributed by atoms with E-state index >= 15 is 0 Å². The number of fused-ring (bicyclic) bond motifs is 1. The third kappa shape index (κ3) is 3.58. The van der Waals surface area contributed by atoms with Crippen LogP contribution in [0.3, 0.4) is 0 Å². The molecule has 3 rings (SSSR count). The zero-order valence-electron chi connectivity index (χ0n) is 13.3. The third-order valence-electron chi connectivity index (χ3n) is 3.34. The van der Waals surface area contributed by atoms with Crippen molar-refractivity contribution in [2.75, 3.05) is 13.2 Å². The molecule has 0 fully saturated rings. The molecule has 0 aliphatic heterocycles. The van der Waals surface area contributed by atoms with Gasteiger partial charge in [-0.05, 0) is 32.0 Å². The average molecular weight is 366 g/mol. The molecule has 24 heavy (non-hydrogen) atoms. The maximum atomic E-state index is 12.3. The van der Waals surface area contributed by atoms with Gasteiger partial charge < -0.3 is 13.8 Å². The molecular formula is C16H16ClN3O3S. The molecule has 0 spiro atoms. The molecule has 3 aromatic rings. The molecule has 0 bridgehead atoms. The number of thiazole rings is 1. The van der Waals surface area contributed by atoms with E-state index in [-0.39, 0.29) is 5.76 Å². The number of ether oxygens (including phenoxy) is 1. The van der Waals surface area contributed by atoms with Gasteiger partial charge in [0.25, 0.3) is 0 Å². The minimum absolute atomic E-state index is 0.124. The molecule has 1 amide bonds. The van der Waals surface area contributed by atoms with E-state index in [1.54, 1.807) is 13.0 Å². The van der Waals surface area contributed by atoms with Crippen LogP contribution in [0.4, 0.5) is 0 Å². The lowest BCUT2D eigenvalue weighted by Gasteiger charge is -2.05. The maximum Gasteiger partial charge on any atom is 0.318 e. The largest absolute Gasteiger partial charge is 0.380 e. The van der Waals surface area contributed by atoms with E-state index in [0.29, 0.717) is 35.3 Å². The summed E-state index contributed by atoms with van der Waals surface area (Å²) in [7, 11) is 0. The Labute approximate surface area is 147 Å². The van der Waals surface area contributed by atoms with Crippen LogP contribution in [0.5, 0.6) is 0 Å². The van der Waals surface area contributed by atoms with Gasteiger partial charge in [-0.2, -0.15) is 4.99 Å². The van der Waals surface area contributed by atoms with Gasteiger partial charge in [-0.25, -0.2) is 0 Å². The SMILES string of the molecule is CCOCCn1c(=NC(=O)c2cc(C)no2)sc2cc(Cl)ccc21. The summed E-state index contributed by atoms with van der Waals surface area (Å²) in [6.07, 6.45) is 0. The van der Waals surface area contributed by atoms with Crippen molar-refractivity contribution in [3.63, 3.8) is 0 Å². The van der Waals surface area contributed by atoms with Crippen LogP contribution in [0.25, 0.3) is 10.2 Å². The molecule has 8 heteroatoms. The van der Waals surface area contributed by atoms with E-state index in [4.69, 9.17) is 20.9 Å². The van der Waals surface area contributed by atoms with Gasteiger partial charge in [0.2, 0.25) is 5.76 Å². The van der Waals surface area contributed by atoms with Crippen LogP contribution in [0.1, 0.15) is 23.2 Å². The Hall–Kier alpha value is -1.96. The Morgan fingerprint density at radius 1 is 1.46 bits per heavy atom. The number of carbonyl (C=O) groups is 1. The first-order valence-electron chi connectivity index (χ1n) is 7.47. The van der Waals surface area contributed by atoms with Gasteiger partial charge in [0, 0.05) is 24.2 Å². The lowest BCUT2D eigenvalue weighted by Crippen LogP contribution is -2.19. The van der Waals surface area contributed by atoms with Crippen molar-refractivity contribution in [3.05, 3.63) is 45.5 Å². The lowest BCUT2D eigenvalue weighted by atomic mass is 10.3. The Kier molecular flexibility index (Phi) is 5.13. The predicted molar refractivity (Wildman–Crippen MR) is 92.5 cm³/mol. The van der Waals surface area contributed by atoms with Crippen LogP contribution in [-0.2, 0) is 11.3 Å². The van der Waals surface area contributed by atoms with Crippen molar-refractivity contribution >= 4 is 39.1 Å². The Morgan fingerprint density at radius 2 is 2.29 bits per heavy atom. The Morgan fingerprint density at radius 3 is 3.00 bits per heavy atom. The molecule has 0 aliphatic rings. The summed E-state index contributed by atoms with van der Waals surface area (Å²) in [6, 6.07) is 7.17. The lowest BCUT2D eigenvalue weighted by molar-refractivity contribution is 0.0961. The number of nitrogens with zero attached hydrogens (tertiary/aromatic N) is 3. The summed E-state index contributed by atoms with van der Waals surface area (Å²) in [5.74, 6) is -0.335. The van der Waals surface area contributed by atoms with Gasteiger partial charge in [-0.1, -0.05) is 28.1 Å². The van der Waals surface area contributed by atoms with Crippen LogP contribution < -0.4 is 4.80 Å². The van der Waals surface area contributed by atoms with Crippen LogP contribution in [-0.4, -0.2) is 28.8 Å². The van der Waals surface area contributed by atoms with Gasteiger partial charge in [-0.15, -0.1) is 0 Å². The summed E-state index contributed by atoms with van der Waals surface area (Å²) in [5, 5.41) is 4.36. The van der Waals surface area contributed by atoms with Crippen LogP contribution in [0.15, 0.2) is 33.8 Å². The second-order valence-corrected chi connectivity index (χ2v) is 6.54. The van der Waals surface area contributed by atoms with Gasteiger partial charge >= 0.3 is 5.91 Å². The summed E-state index contributed by atoms with van der Waals surface area (Å²) in [4.78, 5) is 17.1. The second kappa shape index (κ2) is 7.29. The number of hydrogen-bond acceptors (Lipinski definition) is 5. The fraction of sp³-hybridized carbons (Fsp3) is 0.312. The quantitative estimate of drug-likeness (QED) is 0.649. The van der Waals surface area contributed by atoms with E-state index in [0.717, 1.165) is 10.2 Å². The third-order valence-corrected chi connectivity index (χ3v) is 4.62. The van der Waals surface area contributed by atoms with Gasteiger partial charge in [0.15, 0.2) is 4.80 Å². The monoisotopic (exact) mass is 365 g/mol. The van der Waals surface area contributed by atoms with E-state index in [1.807, 2.05) is 29.7 Å². The molecule has 2 aromatic heterocycles. The molecule has 2 heterocycles. The highest BCUT2D eigenvalue weighted by atomic mass is 35.5. The highest BCUT2D eigenvalue weighted by molar-refractivity contribution is 7.16. The summed E-state index contributed by atoms with van der Waals surface area (Å²) >= 11 is 7.46. The predicted octanol–water partition coefficient (Wildman–Crippen LogP) is 3.43. The maximum absolute atomic E-state index is 12.3. The molecule has 0 unspecified atom stereocenters. The molecule has 0 saturated heterocycles. The van der Waals surface area contributed by atoms with E-state index in [1.165, 1.54) is 11.3 Å². The van der Waals surface area contributed by atoms with Crippen molar-refractivity contribution in [2.45, 2.75) is 20.4 Å². The fourth-order valence-corrected chi connectivity index (χ4v) is 3.59. The molecule has 126 valence electrons. The van der Waals surface area contributed by atoms with Crippen molar-refractivity contribution in [2.24, 2.45) is 4.99 Å². The number of hydrogen-bond donors (Lipinski definition) is 0. The van der Waals surface area contributed by atoms with Crippen LogP contribution >= 0.6 is 22.9 Å². The average Bonchev–Trinajstić information content (AvgIpc) is 3.11. The van der Waals surface area contributed by atoms with Gasteiger partial charge in [0.05, 0.1) is 22.5 Å². The summed E-state index contributed by atoms with van der Waals surface area (Å²) < 4.78 is 13.3. The highest BCUT2D eigenvalue weighted by Gasteiger charge is 2.13. The van der Waals surface area contributed by atoms with Crippen molar-refractivity contribution in [1.82, 2.24) is 9.72 Å². The Balaban J connectivity index is 2.06. The molecule has 0 saturated carbocycles. The van der Waals surface area contributed by atoms with E-state index in [9.17, 15) is 4.79 Å². The van der Waals surface area contributed by atoms with Gasteiger partial charge in [-0.3, -0.25) is 4.79 Å². The highest BCUT2D eigenvalue weighted by Crippen LogP contribution is 2.22. The number of aryl methyl sites for hydroxylation is 1. The van der Waals surface area contributed by atoms with E-state index in [2.05, 4.69) is 10.1 Å². The Bertz CT molecular complexity index is 942. The van der Waals surface area contributed by atoms with Crippen LogP contribution in [0.2, 0.25) is 5.02 Å². The zero-order chi connectivity index (χ0) is 17.1. The first kappa shape index (κ1) is 16.9. The summed E-state index contributed by atoms with van der Waals surface area (Å²) in [6.45, 7) is 5.46. The molecule has 0 N–H and O–H groups in total. The van der Waals surface area contributed by atoms with E-state index < -0.39 is 5.91 Å². The molecule has 6 nitrogen and oxygen atoms in total. The first-order chi connectivity index (χ1) is 11.6. The molecular weight excluding hydrogens is 350 g/mol. The fourth-order valence-electron chi connectivity index (χ4n) is 2.25. The normalized spacial score (nSPS) is 12.2. The second-order valence-electron chi connectivity index (χ2n) is 5.09. The molecule has 1 aromatic carbocycles. The topological polar surface area (TPSA) is 69.6 Å². The first-order valence-corrected chi connectivity index (χ1v) is 8.67.